The molecule has 1 aliphatic heterocycles. The van der Waals surface area contributed by atoms with Crippen LogP contribution >= 0.6 is 0 Å². The number of nitrogens with one attached hydrogen (secondary N) is 1. The topological polar surface area (TPSA) is 53.9 Å². The van der Waals surface area contributed by atoms with Gasteiger partial charge in [-0.25, -0.2) is 4.68 Å². The molecular weight excluding hydrogens is 312 g/mol. The molecule has 25 heavy (non-hydrogen) atoms. The minimum absolute atomic E-state index is 0.0997. The average molecular weight is 342 g/mol. The second kappa shape index (κ2) is 6.27. The van der Waals surface area contributed by atoms with Crippen LogP contribution in [-0.2, 0) is 12.8 Å². The maximum atomic E-state index is 12.6. The van der Waals surface area contributed by atoms with Gasteiger partial charge in [0.25, 0.3) is 5.56 Å². The normalized spacial score (nSPS) is 21.6. The summed E-state index contributed by atoms with van der Waals surface area (Å²) in [6, 6.07) is 1.13. The van der Waals surface area contributed by atoms with Crippen molar-refractivity contribution in [3.05, 3.63) is 27.2 Å². The van der Waals surface area contributed by atoms with Crippen molar-refractivity contribution in [1.29, 1.82) is 0 Å². The Balaban J connectivity index is 1.99. The average Bonchev–Trinajstić information content (AvgIpc) is 3.19. The summed E-state index contributed by atoms with van der Waals surface area (Å²) in [5, 5.41) is 6.31. The third-order valence-electron chi connectivity index (χ3n) is 5.98. The molecule has 1 aliphatic carbocycles. The quantitative estimate of drug-likeness (QED) is 0.925. The van der Waals surface area contributed by atoms with Crippen molar-refractivity contribution in [2.75, 3.05) is 6.54 Å². The molecule has 1 N–H and O–H groups in total. The standard InChI is InChI=1S/C20H30N4O/c1-12(2)23-11-7-10-16(23)18-17-14-8-5-6-9-15(14)20(25)21-19(17)24(22-18)13(3)4/h12-13,16H,5-11H2,1-4H3,(H,21,25). The van der Waals surface area contributed by atoms with Crippen LogP contribution in [-0.4, -0.2) is 32.3 Å². The van der Waals surface area contributed by atoms with Crippen molar-refractivity contribution in [2.24, 2.45) is 0 Å². The molecule has 5 heteroatoms. The number of hydrogen-bond donors (Lipinski definition) is 1. The van der Waals surface area contributed by atoms with E-state index in [0.29, 0.717) is 12.1 Å². The number of aromatic nitrogens is 3. The van der Waals surface area contributed by atoms with Crippen LogP contribution in [0, 0.1) is 0 Å². The Morgan fingerprint density at radius 3 is 2.44 bits per heavy atom. The van der Waals surface area contributed by atoms with E-state index in [-0.39, 0.29) is 11.6 Å². The van der Waals surface area contributed by atoms with E-state index >= 15 is 0 Å². The van der Waals surface area contributed by atoms with Crippen LogP contribution in [0.2, 0.25) is 0 Å². The number of likely N-dealkylation sites (tertiary alicyclic amines) is 1. The second-order valence-electron chi connectivity index (χ2n) is 8.26. The maximum absolute atomic E-state index is 12.6. The van der Waals surface area contributed by atoms with Crippen LogP contribution in [0.5, 0.6) is 0 Å². The van der Waals surface area contributed by atoms with Gasteiger partial charge in [0.05, 0.1) is 11.7 Å². The lowest BCUT2D eigenvalue weighted by molar-refractivity contribution is 0.202. The summed E-state index contributed by atoms with van der Waals surface area (Å²) in [4.78, 5) is 18.4. The van der Waals surface area contributed by atoms with Gasteiger partial charge in [-0.05, 0) is 78.3 Å². The summed E-state index contributed by atoms with van der Waals surface area (Å²) in [6.45, 7) is 9.98. The molecule has 0 bridgehead atoms. The van der Waals surface area contributed by atoms with Gasteiger partial charge >= 0.3 is 0 Å². The van der Waals surface area contributed by atoms with E-state index in [1.54, 1.807) is 0 Å². The molecule has 1 saturated heterocycles. The first kappa shape index (κ1) is 16.8. The molecule has 0 spiro atoms. The van der Waals surface area contributed by atoms with Gasteiger partial charge in [-0.2, -0.15) is 5.10 Å². The van der Waals surface area contributed by atoms with E-state index in [9.17, 15) is 4.79 Å². The minimum atomic E-state index is 0.0997. The molecule has 2 aliphatic rings. The zero-order valence-electron chi connectivity index (χ0n) is 15.9. The van der Waals surface area contributed by atoms with Crippen LogP contribution in [0.4, 0.5) is 0 Å². The fraction of sp³-hybridized carbons (Fsp3) is 0.700. The molecule has 0 saturated carbocycles. The number of pyridine rings is 1. The highest BCUT2D eigenvalue weighted by Crippen LogP contribution is 2.39. The molecule has 1 atom stereocenters. The van der Waals surface area contributed by atoms with E-state index in [1.807, 2.05) is 4.68 Å². The predicted molar refractivity (Wildman–Crippen MR) is 101 cm³/mol. The second-order valence-corrected chi connectivity index (χ2v) is 8.26. The molecule has 5 nitrogen and oxygen atoms in total. The van der Waals surface area contributed by atoms with Gasteiger partial charge in [-0.15, -0.1) is 0 Å². The fourth-order valence-corrected chi connectivity index (χ4v) is 4.79. The van der Waals surface area contributed by atoms with E-state index in [4.69, 9.17) is 5.10 Å². The number of H-pyrrole nitrogens is 1. The van der Waals surface area contributed by atoms with Crippen molar-refractivity contribution >= 4 is 11.0 Å². The first-order valence-electron chi connectivity index (χ1n) is 9.91. The van der Waals surface area contributed by atoms with Crippen molar-refractivity contribution < 1.29 is 0 Å². The molecule has 2 aromatic rings. The molecule has 0 radical (unpaired) electrons. The SMILES string of the molecule is CC(C)N1CCCC1c1nn(C(C)C)c2[nH]c(=O)c3c(c12)CCCC3. The molecule has 2 aromatic heterocycles. The number of hydrogen-bond acceptors (Lipinski definition) is 3. The number of nitrogens with zero attached hydrogens (tertiary/aromatic N) is 3. The Labute approximate surface area is 149 Å². The molecule has 1 fully saturated rings. The zero-order chi connectivity index (χ0) is 17.7. The summed E-state index contributed by atoms with van der Waals surface area (Å²) in [7, 11) is 0. The summed E-state index contributed by atoms with van der Waals surface area (Å²) >= 11 is 0. The van der Waals surface area contributed by atoms with Crippen LogP contribution in [0.25, 0.3) is 11.0 Å². The first-order chi connectivity index (χ1) is 12.0. The van der Waals surface area contributed by atoms with Crippen LogP contribution in [0.15, 0.2) is 4.79 Å². The number of aryl methyl sites for hydroxylation is 1. The van der Waals surface area contributed by atoms with Crippen LogP contribution in [0.3, 0.4) is 0 Å². The summed E-state index contributed by atoms with van der Waals surface area (Å²) in [5.74, 6) is 0. The lowest BCUT2D eigenvalue weighted by Crippen LogP contribution is -2.30. The van der Waals surface area contributed by atoms with E-state index in [1.165, 1.54) is 29.5 Å². The molecule has 4 rings (SSSR count). The van der Waals surface area contributed by atoms with Gasteiger partial charge in [0, 0.05) is 23.0 Å². The minimum Gasteiger partial charge on any atom is -0.307 e. The predicted octanol–water partition coefficient (Wildman–Crippen LogP) is 3.73. The van der Waals surface area contributed by atoms with Gasteiger partial charge in [0.15, 0.2) is 0 Å². The van der Waals surface area contributed by atoms with Crippen molar-refractivity contribution in [1.82, 2.24) is 19.7 Å². The molecule has 3 heterocycles. The first-order valence-corrected chi connectivity index (χ1v) is 9.91. The van der Waals surface area contributed by atoms with Gasteiger partial charge in [0.2, 0.25) is 0 Å². The fourth-order valence-electron chi connectivity index (χ4n) is 4.79. The highest BCUT2D eigenvalue weighted by atomic mass is 16.1. The summed E-state index contributed by atoms with van der Waals surface area (Å²) in [5.41, 5.74) is 4.53. The lowest BCUT2D eigenvalue weighted by Gasteiger charge is -2.27. The Bertz CT molecular complexity index is 845. The molecule has 0 amide bonds. The van der Waals surface area contributed by atoms with Crippen molar-refractivity contribution in [3.63, 3.8) is 0 Å². The number of fused-ring (bicyclic) bond motifs is 3. The van der Waals surface area contributed by atoms with Gasteiger partial charge in [-0.1, -0.05) is 0 Å². The van der Waals surface area contributed by atoms with Crippen molar-refractivity contribution in [2.45, 2.75) is 84.3 Å². The summed E-state index contributed by atoms with van der Waals surface area (Å²) in [6.07, 6.45) is 6.61. The molecule has 1 unspecified atom stereocenters. The van der Waals surface area contributed by atoms with Gasteiger partial charge < -0.3 is 4.98 Å². The molecular formula is C20H30N4O. The van der Waals surface area contributed by atoms with E-state index in [2.05, 4.69) is 37.6 Å². The Hall–Kier alpha value is -1.62. The largest absolute Gasteiger partial charge is 0.307 e. The van der Waals surface area contributed by atoms with Crippen LogP contribution in [0.1, 0.15) is 82.3 Å². The molecule has 136 valence electrons. The van der Waals surface area contributed by atoms with Gasteiger partial charge in [-0.3, -0.25) is 9.69 Å². The van der Waals surface area contributed by atoms with Crippen molar-refractivity contribution in [3.8, 4) is 0 Å². The maximum Gasteiger partial charge on any atom is 0.253 e. The van der Waals surface area contributed by atoms with E-state index in [0.717, 1.165) is 43.4 Å². The monoisotopic (exact) mass is 342 g/mol. The highest BCUT2D eigenvalue weighted by molar-refractivity contribution is 5.84. The molecule has 0 aromatic carbocycles. The lowest BCUT2D eigenvalue weighted by atomic mass is 9.89. The Morgan fingerprint density at radius 2 is 1.76 bits per heavy atom. The Kier molecular flexibility index (Phi) is 4.22. The number of rotatable bonds is 3. The Morgan fingerprint density at radius 1 is 1.04 bits per heavy atom. The summed E-state index contributed by atoms with van der Waals surface area (Å²) < 4.78 is 2.04. The smallest absolute Gasteiger partial charge is 0.253 e. The van der Waals surface area contributed by atoms with Crippen LogP contribution < -0.4 is 5.56 Å². The number of aromatic amines is 1. The zero-order valence-corrected chi connectivity index (χ0v) is 15.9. The highest BCUT2D eigenvalue weighted by Gasteiger charge is 2.34. The third kappa shape index (κ3) is 2.64. The van der Waals surface area contributed by atoms with E-state index < -0.39 is 0 Å². The van der Waals surface area contributed by atoms with Gasteiger partial charge in [0.1, 0.15) is 5.65 Å². The third-order valence-corrected chi connectivity index (χ3v) is 5.98.